The largest absolute Gasteiger partial charge is 0.346 e. The van der Waals surface area contributed by atoms with Crippen LogP contribution in [-0.2, 0) is 13.0 Å². The van der Waals surface area contributed by atoms with Crippen LogP contribution in [0, 0.1) is 0 Å². The molecule has 3 rings (SSSR count). The number of hydrogen-bond acceptors (Lipinski definition) is 4. The molecule has 1 amide bonds. The summed E-state index contributed by atoms with van der Waals surface area (Å²) in [6.45, 7) is 4.71. The van der Waals surface area contributed by atoms with Crippen LogP contribution in [0.2, 0.25) is 0 Å². The van der Waals surface area contributed by atoms with Gasteiger partial charge in [0.25, 0.3) is 5.91 Å². The molecule has 0 aliphatic carbocycles. The van der Waals surface area contributed by atoms with Crippen LogP contribution in [0.4, 0.5) is 0 Å². The summed E-state index contributed by atoms with van der Waals surface area (Å²) in [7, 11) is 0. The van der Waals surface area contributed by atoms with E-state index in [1.54, 1.807) is 17.4 Å². The minimum absolute atomic E-state index is 0. The predicted octanol–water partition coefficient (Wildman–Crippen LogP) is 2.78. The highest BCUT2D eigenvalue weighted by Gasteiger charge is 2.17. The molecular weight excluding hydrogens is 332 g/mol. The third-order valence-corrected chi connectivity index (χ3v) is 5.20. The second-order valence-corrected chi connectivity index (χ2v) is 6.84. The minimum atomic E-state index is -0.103. The van der Waals surface area contributed by atoms with Crippen molar-refractivity contribution in [3.63, 3.8) is 0 Å². The number of carbonyl (C=O) groups is 1. The van der Waals surface area contributed by atoms with Gasteiger partial charge < -0.3 is 10.6 Å². The van der Waals surface area contributed by atoms with E-state index in [9.17, 15) is 4.79 Å². The van der Waals surface area contributed by atoms with E-state index in [-0.39, 0.29) is 18.3 Å². The molecule has 1 aliphatic rings. The van der Waals surface area contributed by atoms with E-state index in [2.05, 4.69) is 34.8 Å². The number of halogens is 1. The van der Waals surface area contributed by atoms with E-state index < -0.39 is 0 Å². The Hall–Kier alpha value is -1.37. The highest BCUT2D eigenvalue weighted by atomic mass is 35.5. The van der Waals surface area contributed by atoms with Crippen molar-refractivity contribution in [2.75, 3.05) is 13.1 Å². The Kier molecular flexibility index (Phi) is 6.62. The molecule has 1 atom stereocenters. The predicted molar refractivity (Wildman–Crippen MR) is 95.5 cm³/mol. The van der Waals surface area contributed by atoms with E-state index in [4.69, 9.17) is 0 Å². The topological polar surface area (TPSA) is 59.0 Å². The molecule has 0 radical (unpaired) electrons. The highest BCUT2D eigenvalue weighted by Crippen LogP contribution is 2.17. The third kappa shape index (κ3) is 4.56. The Morgan fingerprint density at radius 2 is 2.26 bits per heavy atom. The van der Waals surface area contributed by atoms with Gasteiger partial charge in [-0.2, -0.15) is 5.10 Å². The van der Waals surface area contributed by atoms with Crippen molar-refractivity contribution >= 4 is 29.7 Å². The Bertz CT molecular complexity index is 634. The lowest BCUT2D eigenvalue weighted by Gasteiger charge is -2.22. The van der Waals surface area contributed by atoms with E-state index >= 15 is 0 Å². The molecule has 0 aromatic carbocycles. The smallest absolute Gasteiger partial charge is 0.272 e. The van der Waals surface area contributed by atoms with Crippen LogP contribution in [-0.4, -0.2) is 28.8 Å². The molecule has 0 bridgehead atoms. The number of nitrogens with one attached hydrogen (secondary N) is 2. The molecule has 126 valence electrons. The summed E-state index contributed by atoms with van der Waals surface area (Å²) in [5.74, 6) is -0.103. The fourth-order valence-corrected chi connectivity index (χ4v) is 3.58. The lowest BCUT2D eigenvalue weighted by atomic mass is 10.1. The molecule has 1 fully saturated rings. The van der Waals surface area contributed by atoms with Crippen LogP contribution in [0.1, 0.15) is 46.0 Å². The maximum Gasteiger partial charge on any atom is 0.272 e. The molecule has 2 aromatic rings. The first kappa shape index (κ1) is 18.0. The second-order valence-electron chi connectivity index (χ2n) is 5.59. The molecule has 1 saturated heterocycles. The molecule has 1 unspecified atom stereocenters. The van der Waals surface area contributed by atoms with E-state index in [0.29, 0.717) is 18.3 Å². The van der Waals surface area contributed by atoms with Gasteiger partial charge in [0.05, 0.1) is 12.6 Å². The zero-order valence-electron chi connectivity index (χ0n) is 13.2. The first-order chi connectivity index (χ1) is 10.8. The highest BCUT2D eigenvalue weighted by molar-refractivity contribution is 7.11. The van der Waals surface area contributed by atoms with Crippen LogP contribution < -0.4 is 10.6 Å². The normalized spacial score (nSPS) is 17.5. The van der Waals surface area contributed by atoms with E-state index in [1.165, 1.54) is 9.75 Å². The number of piperidine rings is 1. The Morgan fingerprint density at radius 1 is 1.43 bits per heavy atom. The van der Waals surface area contributed by atoms with E-state index in [0.717, 1.165) is 32.4 Å². The van der Waals surface area contributed by atoms with Gasteiger partial charge in [-0.1, -0.05) is 6.92 Å². The minimum Gasteiger partial charge on any atom is -0.346 e. The molecule has 5 nitrogen and oxygen atoms in total. The van der Waals surface area contributed by atoms with Crippen molar-refractivity contribution < 1.29 is 4.79 Å². The zero-order valence-corrected chi connectivity index (χ0v) is 14.9. The van der Waals surface area contributed by atoms with Crippen LogP contribution >= 0.6 is 23.7 Å². The molecule has 0 saturated carbocycles. The quantitative estimate of drug-likeness (QED) is 0.868. The van der Waals surface area contributed by atoms with E-state index in [1.807, 2.05) is 10.9 Å². The molecular formula is C16H23ClN4OS. The number of aryl methyl sites for hydroxylation is 1. The lowest BCUT2D eigenvalue weighted by Crippen LogP contribution is -2.32. The van der Waals surface area contributed by atoms with Crippen molar-refractivity contribution in [1.82, 2.24) is 20.4 Å². The first-order valence-electron chi connectivity index (χ1n) is 7.88. The fourth-order valence-electron chi connectivity index (χ4n) is 2.69. The molecule has 2 N–H and O–H groups in total. The number of carbonyl (C=O) groups excluding carboxylic acids is 1. The van der Waals surface area contributed by atoms with Gasteiger partial charge in [0.1, 0.15) is 5.69 Å². The summed E-state index contributed by atoms with van der Waals surface area (Å²) in [6.07, 6.45) is 5.22. The van der Waals surface area contributed by atoms with Gasteiger partial charge in [-0.3, -0.25) is 9.48 Å². The van der Waals surface area contributed by atoms with Gasteiger partial charge >= 0.3 is 0 Å². The first-order valence-corrected chi connectivity index (χ1v) is 8.69. The lowest BCUT2D eigenvalue weighted by molar-refractivity contribution is 0.0945. The Morgan fingerprint density at radius 3 is 2.96 bits per heavy atom. The van der Waals surface area contributed by atoms with Gasteiger partial charge in [0.15, 0.2) is 0 Å². The number of amides is 1. The summed E-state index contributed by atoms with van der Waals surface area (Å²) in [6, 6.07) is 6.36. The van der Waals surface area contributed by atoms with Crippen molar-refractivity contribution in [2.24, 2.45) is 0 Å². The fraction of sp³-hybridized carbons (Fsp3) is 0.500. The van der Waals surface area contributed by atoms with Crippen molar-refractivity contribution in [3.8, 4) is 0 Å². The Balaban J connectivity index is 0.00000192. The van der Waals surface area contributed by atoms with Crippen LogP contribution in [0.15, 0.2) is 24.4 Å². The number of rotatable bonds is 5. The second kappa shape index (κ2) is 8.47. The molecule has 0 spiro atoms. The maximum absolute atomic E-state index is 12.2. The van der Waals surface area contributed by atoms with Gasteiger partial charge in [-0.05, 0) is 44.0 Å². The molecule has 3 heterocycles. The number of hydrogen-bond donors (Lipinski definition) is 2. The Labute approximate surface area is 146 Å². The molecule has 2 aromatic heterocycles. The summed E-state index contributed by atoms with van der Waals surface area (Å²) >= 11 is 1.75. The summed E-state index contributed by atoms with van der Waals surface area (Å²) < 4.78 is 1.92. The molecule has 23 heavy (non-hydrogen) atoms. The zero-order chi connectivity index (χ0) is 15.4. The number of aromatic nitrogens is 2. The van der Waals surface area contributed by atoms with Crippen LogP contribution in [0.3, 0.4) is 0 Å². The van der Waals surface area contributed by atoms with Gasteiger partial charge in [0.2, 0.25) is 0 Å². The average Bonchev–Trinajstić information content (AvgIpc) is 3.22. The standard InChI is InChI=1S/C16H22N4OS.ClH/c1-2-13-5-6-14(22-13)11-18-16(21)15-7-9-20(19-15)12-4-3-8-17-10-12;/h5-7,9,12,17H,2-4,8,10-11H2,1H3,(H,18,21);1H. The van der Waals surface area contributed by atoms with Crippen LogP contribution in [0.25, 0.3) is 0 Å². The molecule has 1 aliphatic heterocycles. The van der Waals surface area contributed by atoms with Crippen LogP contribution in [0.5, 0.6) is 0 Å². The summed E-state index contributed by atoms with van der Waals surface area (Å²) in [4.78, 5) is 14.7. The number of nitrogens with zero attached hydrogens (tertiary/aromatic N) is 2. The SMILES string of the molecule is CCc1ccc(CNC(=O)c2ccn(C3CCCNC3)n2)s1.Cl. The van der Waals surface area contributed by atoms with Gasteiger partial charge in [0, 0.05) is 22.5 Å². The number of thiophene rings is 1. The van der Waals surface area contributed by atoms with Gasteiger partial charge in [-0.15, -0.1) is 23.7 Å². The monoisotopic (exact) mass is 354 g/mol. The van der Waals surface area contributed by atoms with Crippen molar-refractivity contribution in [3.05, 3.63) is 39.8 Å². The van der Waals surface area contributed by atoms with Crippen molar-refractivity contribution in [1.29, 1.82) is 0 Å². The van der Waals surface area contributed by atoms with Gasteiger partial charge in [-0.25, -0.2) is 0 Å². The average molecular weight is 355 g/mol. The summed E-state index contributed by atoms with van der Waals surface area (Å²) in [5, 5.41) is 10.8. The third-order valence-electron chi connectivity index (χ3n) is 3.97. The molecule has 7 heteroatoms. The van der Waals surface area contributed by atoms with Crippen molar-refractivity contribution in [2.45, 2.75) is 38.8 Å². The maximum atomic E-state index is 12.2. The summed E-state index contributed by atoms with van der Waals surface area (Å²) in [5.41, 5.74) is 0.498.